The standard InChI is InChI=1S/C8H7ClFNO2.C2HF3O2/c9-6-2-1-5(3-7(6)10)13-4-8(11)12;3-2(4,5)1(6)7/h1-3H,4H2,(H2,11,12);(H,6,7). The van der Waals surface area contributed by atoms with Crippen molar-refractivity contribution in [3.05, 3.63) is 29.0 Å². The van der Waals surface area contributed by atoms with Crippen LogP contribution < -0.4 is 10.5 Å². The van der Waals surface area contributed by atoms with Gasteiger partial charge in [-0.05, 0) is 12.1 Å². The van der Waals surface area contributed by atoms with Crippen molar-refractivity contribution in [1.29, 1.82) is 0 Å². The van der Waals surface area contributed by atoms with E-state index in [1.807, 2.05) is 0 Å². The van der Waals surface area contributed by atoms with Crippen LogP contribution in [0, 0.1) is 5.82 Å². The van der Waals surface area contributed by atoms with Crippen molar-refractivity contribution in [2.24, 2.45) is 5.73 Å². The molecule has 0 spiro atoms. The van der Waals surface area contributed by atoms with Crippen molar-refractivity contribution in [3.63, 3.8) is 0 Å². The third-order valence-corrected chi connectivity index (χ3v) is 1.82. The second kappa shape index (κ2) is 7.53. The van der Waals surface area contributed by atoms with Gasteiger partial charge >= 0.3 is 12.1 Å². The summed E-state index contributed by atoms with van der Waals surface area (Å²) in [7, 11) is 0. The van der Waals surface area contributed by atoms with Gasteiger partial charge in [0.1, 0.15) is 11.6 Å². The molecule has 20 heavy (non-hydrogen) atoms. The van der Waals surface area contributed by atoms with Gasteiger partial charge in [0, 0.05) is 6.07 Å². The van der Waals surface area contributed by atoms with E-state index in [-0.39, 0.29) is 17.4 Å². The summed E-state index contributed by atoms with van der Waals surface area (Å²) >= 11 is 5.42. The topological polar surface area (TPSA) is 89.6 Å². The van der Waals surface area contributed by atoms with Crippen LogP contribution in [-0.4, -0.2) is 29.8 Å². The van der Waals surface area contributed by atoms with Crippen molar-refractivity contribution in [1.82, 2.24) is 0 Å². The van der Waals surface area contributed by atoms with Crippen LogP contribution in [-0.2, 0) is 9.59 Å². The van der Waals surface area contributed by atoms with Gasteiger partial charge in [-0.1, -0.05) is 11.6 Å². The number of nitrogens with two attached hydrogens (primary N) is 1. The summed E-state index contributed by atoms with van der Waals surface area (Å²) < 4.78 is 49.3. The Bertz CT molecular complexity index is 493. The summed E-state index contributed by atoms with van der Waals surface area (Å²) in [5.41, 5.74) is 4.82. The summed E-state index contributed by atoms with van der Waals surface area (Å²) in [6, 6.07) is 3.88. The first kappa shape index (κ1) is 18.0. The SMILES string of the molecule is NC(=O)COc1ccc(Cl)c(F)c1.O=C(O)C(F)(F)F. The fraction of sp³-hybridized carbons (Fsp3) is 0.200. The van der Waals surface area contributed by atoms with E-state index >= 15 is 0 Å². The Hall–Kier alpha value is -2.03. The Morgan fingerprint density at radius 1 is 1.35 bits per heavy atom. The van der Waals surface area contributed by atoms with E-state index in [0.29, 0.717) is 0 Å². The molecule has 0 aromatic heterocycles. The van der Waals surface area contributed by atoms with Gasteiger partial charge in [0.2, 0.25) is 0 Å². The van der Waals surface area contributed by atoms with Crippen LogP contribution in [0.4, 0.5) is 17.6 Å². The lowest BCUT2D eigenvalue weighted by atomic mass is 10.3. The number of carbonyl (C=O) groups excluding carboxylic acids is 1. The second-order valence-corrected chi connectivity index (χ2v) is 3.54. The Morgan fingerprint density at radius 2 is 1.85 bits per heavy atom. The molecule has 10 heteroatoms. The normalized spacial score (nSPS) is 10.2. The van der Waals surface area contributed by atoms with Gasteiger partial charge in [-0.25, -0.2) is 9.18 Å². The molecular weight excluding hydrogens is 310 g/mol. The molecule has 0 bridgehead atoms. The zero-order valence-corrected chi connectivity index (χ0v) is 10.3. The largest absolute Gasteiger partial charge is 0.490 e. The maximum absolute atomic E-state index is 12.8. The minimum absolute atomic E-state index is 0.00595. The lowest BCUT2D eigenvalue weighted by molar-refractivity contribution is -0.192. The highest BCUT2D eigenvalue weighted by Gasteiger charge is 2.38. The van der Waals surface area contributed by atoms with Crippen LogP contribution in [0.25, 0.3) is 0 Å². The minimum Gasteiger partial charge on any atom is -0.484 e. The van der Waals surface area contributed by atoms with Crippen LogP contribution in [0.15, 0.2) is 18.2 Å². The van der Waals surface area contributed by atoms with Crippen molar-refractivity contribution in [3.8, 4) is 5.75 Å². The fourth-order valence-corrected chi connectivity index (χ4v) is 0.839. The van der Waals surface area contributed by atoms with E-state index < -0.39 is 23.9 Å². The van der Waals surface area contributed by atoms with E-state index in [9.17, 15) is 22.4 Å². The lowest BCUT2D eigenvalue weighted by Crippen LogP contribution is -2.21. The van der Waals surface area contributed by atoms with Crippen molar-refractivity contribution in [2.75, 3.05) is 6.61 Å². The molecule has 1 rings (SSSR count). The number of rotatable bonds is 3. The van der Waals surface area contributed by atoms with E-state index in [0.717, 1.165) is 6.07 Å². The number of carboxylic acid groups (broad SMARTS) is 1. The van der Waals surface area contributed by atoms with Gasteiger partial charge in [0.05, 0.1) is 5.02 Å². The van der Waals surface area contributed by atoms with E-state index in [2.05, 4.69) is 0 Å². The molecule has 5 nitrogen and oxygen atoms in total. The average molecular weight is 318 g/mol. The Labute approximate surface area is 114 Å². The van der Waals surface area contributed by atoms with Gasteiger partial charge < -0.3 is 15.6 Å². The first-order valence-electron chi connectivity index (χ1n) is 4.70. The number of hydrogen-bond donors (Lipinski definition) is 2. The molecule has 1 amide bonds. The summed E-state index contributed by atoms with van der Waals surface area (Å²) in [6.07, 6.45) is -5.08. The molecule has 1 aromatic rings. The van der Waals surface area contributed by atoms with Crippen molar-refractivity contribution in [2.45, 2.75) is 6.18 Å². The number of hydrogen-bond acceptors (Lipinski definition) is 3. The highest BCUT2D eigenvalue weighted by molar-refractivity contribution is 6.30. The predicted octanol–water partition coefficient (Wildman–Crippen LogP) is 1.98. The third-order valence-electron chi connectivity index (χ3n) is 1.51. The summed E-state index contributed by atoms with van der Waals surface area (Å²) in [4.78, 5) is 19.2. The summed E-state index contributed by atoms with van der Waals surface area (Å²) in [5.74, 6) is -3.74. The van der Waals surface area contributed by atoms with E-state index in [1.165, 1.54) is 12.1 Å². The number of halogens is 5. The van der Waals surface area contributed by atoms with Crippen LogP contribution in [0.1, 0.15) is 0 Å². The number of carbonyl (C=O) groups is 2. The summed E-state index contributed by atoms with van der Waals surface area (Å²) in [5, 5.41) is 7.13. The second-order valence-electron chi connectivity index (χ2n) is 3.13. The zero-order valence-electron chi connectivity index (χ0n) is 9.58. The molecule has 3 N–H and O–H groups in total. The van der Waals surface area contributed by atoms with E-state index in [1.54, 1.807) is 0 Å². The first-order valence-corrected chi connectivity index (χ1v) is 5.08. The van der Waals surface area contributed by atoms with E-state index in [4.69, 9.17) is 32.0 Å². The maximum Gasteiger partial charge on any atom is 0.490 e. The molecule has 0 radical (unpaired) electrons. The Balaban J connectivity index is 0.000000441. The Morgan fingerprint density at radius 3 is 2.20 bits per heavy atom. The Kier molecular flexibility index (Phi) is 6.77. The molecule has 0 fully saturated rings. The van der Waals surface area contributed by atoms with Gasteiger partial charge in [-0.2, -0.15) is 13.2 Å². The number of primary amides is 1. The highest BCUT2D eigenvalue weighted by atomic mass is 35.5. The number of benzene rings is 1. The molecule has 1 aromatic carbocycles. The third kappa shape index (κ3) is 7.41. The molecule has 0 aliphatic heterocycles. The van der Waals surface area contributed by atoms with Crippen LogP contribution in [0.5, 0.6) is 5.75 Å². The van der Waals surface area contributed by atoms with Gasteiger partial charge in [-0.15, -0.1) is 0 Å². The van der Waals surface area contributed by atoms with Gasteiger partial charge in [0.15, 0.2) is 6.61 Å². The molecule has 0 heterocycles. The van der Waals surface area contributed by atoms with Gasteiger partial charge in [-0.3, -0.25) is 4.79 Å². The van der Waals surface area contributed by atoms with Crippen LogP contribution in [0.3, 0.4) is 0 Å². The van der Waals surface area contributed by atoms with Crippen molar-refractivity contribution >= 4 is 23.5 Å². The van der Waals surface area contributed by atoms with Crippen LogP contribution >= 0.6 is 11.6 Å². The maximum atomic E-state index is 12.8. The molecule has 0 saturated heterocycles. The number of amides is 1. The number of alkyl halides is 3. The quantitative estimate of drug-likeness (QED) is 0.834. The van der Waals surface area contributed by atoms with Crippen LogP contribution in [0.2, 0.25) is 5.02 Å². The molecule has 0 atom stereocenters. The molecule has 112 valence electrons. The zero-order chi connectivity index (χ0) is 15.9. The number of aliphatic carboxylic acids is 1. The first-order chi connectivity index (χ1) is 9.04. The number of carboxylic acids is 1. The average Bonchev–Trinajstić information content (AvgIpc) is 2.30. The lowest BCUT2D eigenvalue weighted by Gasteiger charge is -2.03. The predicted molar refractivity (Wildman–Crippen MR) is 59.8 cm³/mol. The highest BCUT2D eigenvalue weighted by Crippen LogP contribution is 2.20. The fourth-order valence-electron chi connectivity index (χ4n) is 0.721. The smallest absolute Gasteiger partial charge is 0.484 e. The van der Waals surface area contributed by atoms with Crippen molar-refractivity contribution < 1.29 is 37.0 Å². The monoisotopic (exact) mass is 317 g/mol. The molecule has 0 saturated carbocycles. The minimum atomic E-state index is -5.08. The molecular formula is C10H8ClF4NO4. The summed E-state index contributed by atoms with van der Waals surface area (Å²) in [6.45, 7) is -0.277. The number of ether oxygens (including phenoxy) is 1. The van der Waals surface area contributed by atoms with Gasteiger partial charge in [0.25, 0.3) is 5.91 Å². The molecule has 0 aliphatic carbocycles. The molecule has 0 aliphatic rings. The molecule has 0 unspecified atom stereocenters.